The predicted molar refractivity (Wildman–Crippen MR) is 64.5 cm³/mol. The van der Waals surface area contributed by atoms with Crippen LogP contribution in [0.1, 0.15) is 32.4 Å². The number of pyridine rings is 1. The van der Waals surface area contributed by atoms with Crippen molar-refractivity contribution in [2.45, 2.75) is 33.2 Å². The number of rotatable bonds is 6. The van der Waals surface area contributed by atoms with Crippen molar-refractivity contribution >= 4 is 5.82 Å². The van der Waals surface area contributed by atoms with Crippen LogP contribution < -0.4 is 5.73 Å². The van der Waals surface area contributed by atoms with E-state index in [1.807, 2.05) is 18.2 Å². The lowest BCUT2D eigenvalue weighted by atomic mass is 10.3. The lowest BCUT2D eigenvalue weighted by molar-refractivity contribution is 0.272. The van der Waals surface area contributed by atoms with Crippen LogP contribution in [0.2, 0.25) is 0 Å². The second-order valence-electron chi connectivity index (χ2n) is 3.78. The summed E-state index contributed by atoms with van der Waals surface area (Å²) in [7, 11) is 0. The third kappa shape index (κ3) is 4.30. The van der Waals surface area contributed by atoms with Gasteiger partial charge in [-0.15, -0.1) is 0 Å². The zero-order valence-electron chi connectivity index (χ0n) is 9.74. The van der Waals surface area contributed by atoms with Crippen LogP contribution in [-0.2, 0) is 6.54 Å². The number of hydrogen-bond donors (Lipinski definition) is 1. The highest BCUT2D eigenvalue weighted by molar-refractivity contribution is 5.28. The first kappa shape index (κ1) is 12.0. The molecule has 1 aromatic heterocycles. The van der Waals surface area contributed by atoms with Gasteiger partial charge in [-0.05, 0) is 31.6 Å². The van der Waals surface area contributed by atoms with Gasteiger partial charge >= 0.3 is 0 Å². The fourth-order valence-corrected chi connectivity index (χ4v) is 1.55. The summed E-state index contributed by atoms with van der Waals surface area (Å²) in [4.78, 5) is 6.70. The molecule has 15 heavy (non-hydrogen) atoms. The first-order valence-electron chi connectivity index (χ1n) is 5.70. The SMILES string of the molecule is CCCCN(CC)Cc1cccc(N)n1. The molecule has 0 radical (unpaired) electrons. The average molecular weight is 207 g/mol. The Kier molecular flexibility index (Phi) is 5.12. The van der Waals surface area contributed by atoms with Crippen molar-refractivity contribution < 1.29 is 0 Å². The molecule has 1 heterocycles. The Balaban J connectivity index is 2.50. The molecular weight excluding hydrogens is 186 g/mol. The maximum Gasteiger partial charge on any atom is 0.123 e. The number of nitrogen functional groups attached to an aromatic ring is 1. The number of unbranched alkanes of at least 4 members (excludes halogenated alkanes) is 1. The van der Waals surface area contributed by atoms with E-state index in [1.54, 1.807) is 0 Å². The maximum atomic E-state index is 5.65. The van der Waals surface area contributed by atoms with E-state index in [2.05, 4.69) is 23.7 Å². The second-order valence-corrected chi connectivity index (χ2v) is 3.78. The van der Waals surface area contributed by atoms with Gasteiger partial charge in [-0.1, -0.05) is 26.3 Å². The molecular formula is C12H21N3. The predicted octanol–water partition coefficient (Wildman–Crippen LogP) is 2.29. The quantitative estimate of drug-likeness (QED) is 0.778. The summed E-state index contributed by atoms with van der Waals surface area (Å²) in [6, 6.07) is 5.82. The van der Waals surface area contributed by atoms with E-state index < -0.39 is 0 Å². The first-order chi connectivity index (χ1) is 7.26. The number of anilines is 1. The van der Waals surface area contributed by atoms with Crippen molar-refractivity contribution in [3.05, 3.63) is 23.9 Å². The zero-order chi connectivity index (χ0) is 11.1. The molecule has 2 N–H and O–H groups in total. The molecule has 0 aliphatic heterocycles. The summed E-state index contributed by atoms with van der Waals surface area (Å²) >= 11 is 0. The minimum atomic E-state index is 0.610. The Morgan fingerprint density at radius 1 is 1.33 bits per heavy atom. The fraction of sp³-hybridized carbons (Fsp3) is 0.583. The van der Waals surface area contributed by atoms with Crippen LogP contribution in [0.3, 0.4) is 0 Å². The molecule has 84 valence electrons. The van der Waals surface area contributed by atoms with Gasteiger partial charge in [0, 0.05) is 6.54 Å². The van der Waals surface area contributed by atoms with Gasteiger partial charge < -0.3 is 5.73 Å². The minimum absolute atomic E-state index is 0.610. The lowest BCUT2D eigenvalue weighted by Crippen LogP contribution is -2.24. The summed E-state index contributed by atoms with van der Waals surface area (Å²) in [5, 5.41) is 0. The van der Waals surface area contributed by atoms with Gasteiger partial charge in [-0.3, -0.25) is 4.90 Å². The number of aromatic nitrogens is 1. The summed E-state index contributed by atoms with van der Waals surface area (Å²) in [6.07, 6.45) is 2.48. The van der Waals surface area contributed by atoms with Crippen LogP contribution >= 0.6 is 0 Å². The van der Waals surface area contributed by atoms with E-state index in [0.717, 1.165) is 25.3 Å². The molecule has 1 rings (SSSR count). The molecule has 0 spiro atoms. The monoisotopic (exact) mass is 207 g/mol. The summed E-state index contributed by atoms with van der Waals surface area (Å²) < 4.78 is 0. The van der Waals surface area contributed by atoms with Gasteiger partial charge in [-0.2, -0.15) is 0 Å². The smallest absolute Gasteiger partial charge is 0.123 e. The summed E-state index contributed by atoms with van der Waals surface area (Å²) in [5.41, 5.74) is 6.71. The molecule has 0 saturated carbocycles. The minimum Gasteiger partial charge on any atom is -0.384 e. The Bertz CT molecular complexity index is 286. The van der Waals surface area contributed by atoms with Crippen molar-refractivity contribution in [2.24, 2.45) is 0 Å². The molecule has 0 atom stereocenters. The van der Waals surface area contributed by atoms with E-state index in [1.165, 1.54) is 12.8 Å². The maximum absolute atomic E-state index is 5.65. The van der Waals surface area contributed by atoms with Crippen molar-refractivity contribution in [3.63, 3.8) is 0 Å². The van der Waals surface area contributed by atoms with E-state index in [-0.39, 0.29) is 0 Å². The van der Waals surface area contributed by atoms with Crippen LogP contribution in [0, 0.1) is 0 Å². The van der Waals surface area contributed by atoms with Crippen LogP contribution in [0.4, 0.5) is 5.82 Å². The topological polar surface area (TPSA) is 42.1 Å². The Hall–Kier alpha value is -1.09. The summed E-state index contributed by atoms with van der Waals surface area (Å²) in [6.45, 7) is 7.51. The van der Waals surface area contributed by atoms with E-state index in [9.17, 15) is 0 Å². The largest absolute Gasteiger partial charge is 0.384 e. The van der Waals surface area contributed by atoms with Gasteiger partial charge in [0.25, 0.3) is 0 Å². The fourth-order valence-electron chi connectivity index (χ4n) is 1.55. The van der Waals surface area contributed by atoms with Crippen LogP contribution in [-0.4, -0.2) is 23.0 Å². The highest BCUT2D eigenvalue weighted by Crippen LogP contribution is 2.05. The number of nitrogens with zero attached hydrogens (tertiary/aromatic N) is 2. The lowest BCUT2D eigenvalue weighted by Gasteiger charge is -2.19. The van der Waals surface area contributed by atoms with Gasteiger partial charge in [0.2, 0.25) is 0 Å². The molecule has 1 aromatic rings. The molecule has 3 nitrogen and oxygen atoms in total. The van der Waals surface area contributed by atoms with Crippen LogP contribution in [0.5, 0.6) is 0 Å². The number of hydrogen-bond acceptors (Lipinski definition) is 3. The molecule has 3 heteroatoms. The molecule has 0 aliphatic rings. The zero-order valence-corrected chi connectivity index (χ0v) is 9.74. The van der Waals surface area contributed by atoms with Crippen LogP contribution in [0.25, 0.3) is 0 Å². The van der Waals surface area contributed by atoms with E-state index in [0.29, 0.717) is 5.82 Å². The second kappa shape index (κ2) is 6.40. The standard InChI is InChI=1S/C12H21N3/c1-3-5-9-15(4-2)10-11-7-6-8-12(13)14-11/h6-8H,3-5,9-10H2,1-2H3,(H2,13,14). The molecule has 0 fully saturated rings. The average Bonchev–Trinajstić information content (AvgIpc) is 2.24. The molecule has 0 aromatic carbocycles. The first-order valence-corrected chi connectivity index (χ1v) is 5.70. The molecule has 0 unspecified atom stereocenters. The van der Waals surface area contributed by atoms with E-state index in [4.69, 9.17) is 5.73 Å². The third-order valence-electron chi connectivity index (χ3n) is 2.49. The van der Waals surface area contributed by atoms with Crippen molar-refractivity contribution in [2.75, 3.05) is 18.8 Å². The van der Waals surface area contributed by atoms with Crippen LogP contribution in [0.15, 0.2) is 18.2 Å². The van der Waals surface area contributed by atoms with E-state index >= 15 is 0 Å². The highest BCUT2D eigenvalue weighted by Gasteiger charge is 2.03. The third-order valence-corrected chi connectivity index (χ3v) is 2.49. The normalized spacial score (nSPS) is 10.9. The molecule has 0 aliphatic carbocycles. The molecule has 0 saturated heterocycles. The van der Waals surface area contributed by atoms with Crippen molar-refractivity contribution in [3.8, 4) is 0 Å². The van der Waals surface area contributed by atoms with Gasteiger partial charge in [0.05, 0.1) is 5.69 Å². The Labute approximate surface area is 92.3 Å². The number of nitrogens with two attached hydrogens (primary N) is 1. The molecule has 0 bridgehead atoms. The Morgan fingerprint density at radius 2 is 2.13 bits per heavy atom. The summed E-state index contributed by atoms with van der Waals surface area (Å²) in [5.74, 6) is 0.610. The Morgan fingerprint density at radius 3 is 2.73 bits per heavy atom. The van der Waals surface area contributed by atoms with Gasteiger partial charge in [-0.25, -0.2) is 4.98 Å². The van der Waals surface area contributed by atoms with Crippen molar-refractivity contribution in [1.29, 1.82) is 0 Å². The highest BCUT2D eigenvalue weighted by atomic mass is 15.1. The molecule has 0 amide bonds. The van der Waals surface area contributed by atoms with Gasteiger partial charge in [0.15, 0.2) is 0 Å². The van der Waals surface area contributed by atoms with Crippen molar-refractivity contribution in [1.82, 2.24) is 9.88 Å². The van der Waals surface area contributed by atoms with Gasteiger partial charge in [0.1, 0.15) is 5.82 Å².